The first-order valence-corrected chi connectivity index (χ1v) is 7.64. The molecular weight excluding hydrogens is 312 g/mol. The smallest absolute Gasteiger partial charge is 0.344 e. The summed E-state index contributed by atoms with van der Waals surface area (Å²) in [5.41, 5.74) is 1.17. The highest BCUT2D eigenvalue weighted by Crippen LogP contribution is 2.18. The van der Waals surface area contributed by atoms with Gasteiger partial charge in [0.25, 0.3) is 5.91 Å². The van der Waals surface area contributed by atoms with Crippen LogP contribution in [0.4, 0.5) is 0 Å². The molecule has 1 rings (SSSR count). The zero-order valence-corrected chi connectivity index (χ0v) is 14.5. The van der Waals surface area contributed by atoms with Crippen LogP contribution in [0, 0.1) is 0 Å². The molecule has 0 atom stereocenters. The molecule has 0 saturated carbocycles. The van der Waals surface area contributed by atoms with Gasteiger partial charge in [-0.25, -0.2) is 4.79 Å². The molecule has 1 aromatic rings. The third-order valence-electron chi connectivity index (χ3n) is 3.20. The summed E-state index contributed by atoms with van der Waals surface area (Å²) in [6.07, 6.45) is 0. The standard InChI is InChI=1S/C17H24N2O5/c1-12(2)13-5-7-14(8-6-13)23-11-17(22)24-10-15(20)18-9-16(21)19(3)4/h5-8,12H,9-11H2,1-4H3,(H,18,20). The first-order chi connectivity index (χ1) is 11.3. The van der Waals surface area contributed by atoms with Crippen molar-refractivity contribution in [3.8, 4) is 5.75 Å². The Kier molecular flexibility index (Phi) is 7.74. The van der Waals surface area contributed by atoms with Crippen molar-refractivity contribution in [1.82, 2.24) is 10.2 Å². The highest BCUT2D eigenvalue weighted by atomic mass is 16.6. The van der Waals surface area contributed by atoms with Crippen molar-refractivity contribution >= 4 is 17.8 Å². The maximum absolute atomic E-state index is 11.5. The van der Waals surface area contributed by atoms with Crippen LogP contribution in [0.25, 0.3) is 0 Å². The quantitative estimate of drug-likeness (QED) is 0.714. The van der Waals surface area contributed by atoms with Gasteiger partial charge in [0.15, 0.2) is 13.2 Å². The van der Waals surface area contributed by atoms with Crippen LogP contribution in [0.5, 0.6) is 5.75 Å². The average molecular weight is 336 g/mol. The van der Waals surface area contributed by atoms with E-state index in [4.69, 9.17) is 9.47 Å². The minimum atomic E-state index is -0.656. The lowest BCUT2D eigenvalue weighted by atomic mass is 10.0. The first-order valence-electron chi connectivity index (χ1n) is 7.64. The lowest BCUT2D eigenvalue weighted by Gasteiger charge is -2.11. The minimum absolute atomic E-state index is 0.137. The fraction of sp³-hybridized carbons (Fsp3) is 0.471. The number of esters is 1. The number of nitrogens with one attached hydrogen (secondary N) is 1. The molecule has 0 aliphatic carbocycles. The van der Waals surface area contributed by atoms with Gasteiger partial charge in [-0.3, -0.25) is 9.59 Å². The van der Waals surface area contributed by atoms with Crippen LogP contribution in [-0.4, -0.2) is 56.5 Å². The molecule has 0 fully saturated rings. The number of carbonyl (C=O) groups excluding carboxylic acids is 3. The zero-order valence-electron chi connectivity index (χ0n) is 14.5. The topological polar surface area (TPSA) is 84.9 Å². The number of rotatable bonds is 8. The van der Waals surface area contributed by atoms with Gasteiger partial charge < -0.3 is 19.7 Å². The number of amides is 2. The fourth-order valence-corrected chi connectivity index (χ4v) is 1.66. The van der Waals surface area contributed by atoms with E-state index in [-0.39, 0.29) is 19.1 Å². The van der Waals surface area contributed by atoms with Gasteiger partial charge in [0.1, 0.15) is 5.75 Å². The highest BCUT2D eigenvalue weighted by molar-refractivity contribution is 5.86. The summed E-state index contributed by atoms with van der Waals surface area (Å²) in [5.74, 6) is -0.473. The molecular formula is C17H24N2O5. The summed E-state index contributed by atoms with van der Waals surface area (Å²) in [6, 6.07) is 7.42. The molecule has 0 spiro atoms. The Bertz CT molecular complexity index is 567. The van der Waals surface area contributed by atoms with Crippen molar-refractivity contribution in [2.75, 3.05) is 33.9 Å². The average Bonchev–Trinajstić information content (AvgIpc) is 2.56. The van der Waals surface area contributed by atoms with E-state index in [1.165, 1.54) is 10.5 Å². The summed E-state index contributed by atoms with van der Waals surface area (Å²) in [7, 11) is 3.17. The molecule has 0 aliphatic rings. The molecule has 7 heteroatoms. The van der Waals surface area contributed by atoms with Gasteiger partial charge in [0.2, 0.25) is 5.91 Å². The van der Waals surface area contributed by atoms with Crippen LogP contribution in [0.3, 0.4) is 0 Å². The maximum atomic E-state index is 11.5. The molecule has 0 aliphatic heterocycles. The van der Waals surface area contributed by atoms with E-state index >= 15 is 0 Å². The van der Waals surface area contributed by atoms with Gasteiger partial charge in [-0.2, -0.15) is 0 Å². The monoisotopic (exact) mass is 336 g/mol. The van der Waals surface area contributed by atoms with E-state index in [0.29, 0.717) is 11.7 Å². The van der Waals surface area contributed by atoms with Crippen molar-refractivity contribution in [1.29, 1.82) is 0 Å². The molecule has 0 aromatic heterocycles. The molecule has 1 N–H and O–H groups in total. The number of benzene rings is 1. The number of hydrogen-bond acceptors (Lipinski definition) is 5. The van der Waals surface area contributed by atoms with Crippen LogP contribution in [0.15, 0.2) is 24.3 Å². The minimum Gasteiger partial charge on any atom is -0.482 e. The third kappa shape index (κ3) is 7.13. The van der Waals surface area contributed by atoms with Gasteiger partial charge in [-0.05, 0) is 23.6 Å². The van der Waals surface area contributed by atoms with E-state index in [1.54, 1.807) is 26.2 Å². The fourth-order valence-electron chi connectivity index (χ4n) is 1.66. The second-order valence-electron chi connectivity index (χ2n) is 5.74. The highest BCUT2D eigenvalue weighted by Gasteiger charge is 2.10. The Morgan fingerprint density at radius 3 is 2.25 bits per heavy atom. The van der Waals surface area contributed by atoms with Gasteiger partial charge in [0.05, 0.1) is 6.54 Å². The molecule has 1 aromatic carbocycles. The van der Waals surface area contributed by atoms with E-state index in [2.05, 4.69) is 19.2 Å². The van der Waals surface area contributed by atoms with Crippen LogP contribution in [0.2, 0.25) is 0 Å². The lowest BCUT2D eigenvalue weighted by molar-refractivity contribution is -0.150. The van der Waals surface area contributed by atoms with Gasteiger partial charge in [0, 0.05) is 14.1 Å². The summed E-state index contributed by atoms with van der Waals surface area (Å²) in [4.78, 5) is 35.6. The first kappa shape index (κ1) is 19.5. The Morgan fingerprint density at radius 2 is 1.71 bits per heavy atom. The lowest BCUT2D eigenvalue weighted by Crippen LogP contribution is -2.38. The Hall–Kier alpha value is -2.57. The SMILES string of the molecule is CC(C)c1ccc(OCC(=O)OCC(=O)NCC(=O)N(C)C)cc1. The number of hydrogen-bond donors (Lipinski definition) is 1. The van der Waals surface area contributed by atoms with Crippen molar-refractivity contribution in [2.45, 2.75) is 19.8 Å². The van der Waals surface area contributed by atoms with Crippen molar-refractivity contribution in [3.63, 3.8) is 0 Å². The molecule has 0 saturated heterocycles. The van der Waals surface area contributed by atoms with Gasteiger partial charge >= 0.3 is 5.97 Å². The van der Waals surface area contributed by atoms with Crippen LogP contribution in [-0.2, 0) is 19.1 Å². The maximum Gasteiger partial charge on any atom is 0.344 e. The Labute approximate surface area is 141 Å². The van der Waals surface area contributed by atoms with E-state index in [9.17, 15) is 14.4 Å². The van der Waals surface area contributed by atoms with Crippen molar-refractivity contribution in [3.05, 3.63) is 29.8 Å². The largest absolute Gasteiger partial charge is 0.482 e. The predicted octanol–water partition coefficient (Wildman–Crippen LogP) is 0.936. The van der Waals surface area contributed by atoms with Crippen LogP contribution < -0.4 is 10.1 Å². The Morgan fingerprint density at radius 1 is 1.08 bits per heavy atom. The summed E-state index contributed by atoms with van der Waals surface area (Å²) >= 11 is 0. The second kappa shape index (κ2) is 9.54. The summed E-state index contributed by atoms with van der Waals surface area (Å²) in [5, 5.41) is 2.36. The van der Waals surface area contributed by atoms with Crippen molar-refractivity contribution in [2.24, 2.45) is 0 Å². The normalized spacial score (nSPS) is 10.2. The number of nitrogens with zero attached hydrogens (tertiary/aromatic N) is 1. The zero-order chi connectivity index (χ0) is 18.1. The second-order valence-corrected chi connectivity index (χ2v) is 5.74. The number of likely N-dealkylation sites (N-methyl/N-ethyl adjacent to an activating group) is 1. The van der Waals surface area contributed by atoms with Crippen molar-refractivity contribution < 1.29 is 23.9 Å². The molecule has 2 amide bonds. The molecule has 132 valence electrons. The van der Waals surface area contributed by atoms with E-state index in [1.807, 2.05) is 12.1 Å². The van der Waals surface area contributed by atoms with Gasteiger partial charge in [-0.15, -0.1) is 0 Å². The number of carbonyl (C=O) groups is 3. The van der Waals surface area contributed by atoms with Gasteiger partial charge in [-0.1, -0.05) is 26.0 Å². The van der Waals surface area contributed by atoms with E-state index < -0.39 is 18.5 Å². The summed E-state index contributed by atoms with van der Waals surface area (Å²) in [6.45, 7) is 3.30. The van der Waals surface area contributed by atoms with Crippen LogP contribution in [0.1, 0.15) is 25.3 Å². The molecule has 0 bridgehead atoms. The van der Waals surface area contributed by atoms with E-state index in [0.717, 1.165) is 0 Å². The molecule has 0 radical (unpaired) electrons. The Balaban J connectivity index is 2.26. The van der Waals surface area contributed by atoms with Crippen LogP contribution >= 0.6 is 0 Å². The third-order valence-corrected chi connectivity index (χ3v) is 3.20. The molecule has 7 nitrogen and oxygen atoms in total. The number of ether oxygens (including phenoxy) is 2. The summed E-state index contributed by atoms with van der Waals surface area (Å²) < 4.78 is 10.1. The predicted molar refractivity (Wildman–Crippen MR) is 88.7 cm³/mol. The molecule has 0 unspecified atom stereocenters. The molecule has 24 heavy (non-hydrogen) atoms. The molecule has 0 heterocycles.